The summed E-state index contributed by atoms with van der Waals surface area (Å²) < 4.78 is 55.1. The molecule has 8 nitrogen and oxygen atoms in total. The minimum atomic E-state index is -4.60. The summed E-state index contributed by atoms with van der Waals surface area (Å²) in [7, 11) is 0. The highest BCUT2D eigenvalue weighted by Gasteiger charge is 2.47. The maximum absolute atomic E-state index is 13.7. The fourth-order valence-electron chi connectivity index (χ4n) is 5.62. The Morgan fingerprint density at radius 3 is 2.38 bits per heavy atom. The van der Waals surface area contributed by atoms with Crippen LogP contribution in [0, 0.1) is 5.82 Å². The first-order valence-electron chi connectivity index (χ1n) is 13.3. The molecular weight excluding hydrogens is 516 g/mol. The molecule has 0 atom stereocenters. The summed E-state index contributed by atoms with van der Waals surface area (Å²) in [5.41, 5.74) is 0.0775. The largest absolute Gasteiger partial charge is 0.435 e. The van der Waals surface area contributed by atoms with Crippen molar-refractivity contribution in [1.29, 1.82) is 0 Å². The van der Waals surface area contributed by atoms with Crippen LogP contribution in [0.25, 0.3) is 5.65 Å². The number of amides is 2. The third-order valence-corrected chi connectivity index (χ3v) is 8.10. The van der Waals surface area contributed by atoms with E-state index in [1.165, 1.54) is 16.6 Å². The quantitative estimate of drug-likeness (QED) is 0.398. The van der Waals surface area contributed by atoms with Crippen molar-refractivity contribution in [2.75, 3.05) is 25.0 Å². The zero-order valence-corrected chi connectivity index (χ0v) is 21.2. The molecule has 1 aliphatic heterocycles. The van der Waals surface area contributed by atoms with Crippen LogP contribution in [-0.4, -0.2) is 62.4 Å². The average Bonchev–Trinajstić information content (AvgIpc) is 3.62. The summed E-state index contributed by atoms with van der Waals surface area (Å²) in [5, 5.41) is 19.8. The van der Waals surface area contributed by atoms with E-state index in [1.807, 2.05) is 0 Å². The van der Waals surface area contributed by atoms with Crippen LogP contribution in [0.5, 0.6) is 0 Å². The van der Waals surface area contributed by atoms with Gasteiger partial charge in [-0.3, -0.25) is 0 Å². The van der Waals surface area contributed by atoms with Crippen LogP contribution in [0.15, 0.2) is 36.4 Å². The van der Waals surface area contributed by atoms with Crippen LogP contribution in [0.2, 0.25) is 0 Å². The molecule has 3 aromatic rings. The maximum atomic E-state index is 13.7. The molecule has 2 aliphatic carbocycles. The number of carbonyl (C=O) groups excluding carboxylic acids is 1. The van der Waals surface area contributed by atoms with E-state index in [0.717, 1.165) is 43.0 Å². The van der Waals surface area contributed by atoms with Gasteiger partial charge in [0, 0.05) is 54.8 Å². The highest BCUT2D eigenvalue weighted by Crippen LogP contribution is 2.41. The van der Waals surface area contributed by atoms with Crippen LogP contribution in [0.3, 0.4) is 0 Å². The van der Waals surface area contributed by atoms with Crippen LogP contribution in [0.4, 0.5) is 28.2 Å². The zero-order valence-electron chi connectivity index (χ0n) is 21.2. The van der Waals surface area contributed by atoms with Gasteiger partial charge in [0.1, 0.15) is 11.6 Å². The molecule has 3 fully saturated rings. The number of hydrogen-bond acceptors (Lipinski definition) is 5. The van der Waals surface area contributed by atoms with Gasteiger partial charge in [-0.15, -0.1) is 0 Å². The van der Waals surface area contributed by atoms with E-state index in [1.54, 1.807) is 23.1 Å². The number of aromatic nitrogens is 3. The molecule has 39 heavy (non-hydrogen) atoms. The Kier molecular flexibility index (Phi) is 6.40. The summed E-state index contributed by atoms with van der Waals surface area (Å²) in [4.78, 5) is 19.1. The Hall–Kier alpha value is -3.41. The SMILES string of the molecule is O=C(NC1CCC(O)CC1)N1CC(CNc2cc(C3CC3)nc3cc(C(F)(F)F)nn23)(c2ccc(F)cc2)C1. The van der Waals surface area contributed by atoms with E-state index in [0.29, 0.717) is 38.3 Å². The molecule has 2 aromatic heterocycles. The van der Waals surface area contributed by atoms with Gasteiger partial charge in [-0.05, 0) is 56.2 Å². The highest BCUT2D eigenvalue weighted by atomic mass is 19.4. The van der Waals surface area contributed by atoms with Crippen LogP contribution < -0.4 is 10.6 Å². The Morgan fingerprint density at radius 1 is 1.05 bits per heavy atom. The highest BCUT2D eigenvalue weighted by molar-refractivity contribution is 5.76. The second kappa shape index (κ2) is 9.65. The topological polar surface area (TPSA) is 94.8 Å². The third kappa shape index (κ3) is 5.26. The smallest absolute Gasteiger partial charge is 0.393 e. The number of halogens is 4. The number of carbonyl (C=O) groups is 1. The van der Waals surface area contributed by atoms with Gasteiger partial charge in [0.25, 0.3) is 0 Å². The minimum Gasteiger partial charge on any atom is -0.393 e. The van der Waals surface area contributed by atoms with Gasteiger partial charge in [0.15, 0.2) is 11.3 Å². The van der Waals surface area contributed by atoms with Crippen molar-refractivity contribution in [2.24, 2.45) is 0 Å². The van der Waals surface area contributed by atoms with E-state index < -0.39 is 17.3 Å². The summed E-state index contributed by atoms with van der Waals surface area (Å²) in [6.45, 7) is 0.995. The van der Waals surface area contributed by atoms with E-state index >= 15 is 0 Å². The minimum absolute atomic E-state index is 0.00781. The summed E-state index contributed by atoms with van der Waals surface area (Å²) in [6, 6.07) is 8.61. The molecule has 3 heterocycles. The van der Waals surface area contributed by atoms with Crippen molar-refractivity contribution >= 4 is 17.5 Å². The predicted molar refractivity (Wildman–Crippen MR) is 135 cm³/mol. The fraction of sp³-hybridized carbons (Fsp3) is 0.519. The molecule has 1 aromatic carbocycles. The molecular formula is C27H30F4N6O2. The maximum Gasteiger partial charge on any atom is 0.435 e. The monoisotopic (exact) mass is 546 g/mol. The van der Waals surface area contributed by atoms with Gasteiger partial charge in [0.2, 0.25) is 0 Å². The second-order valence-corrected chi connectivity index (χ2v) is 11.1. The number of alkyl halides is 3. The van der Waals surface area contributed by atoms with Crippen molar-refractivity contribution in [1.82, 2.24) is 24.8 Å². The molecule has 2 amide bonds. The van der Waals surface area contributed by atoms with Crippen LogP contribution in [0.1, 0.15) is 61.4 Å². The number of likely N-dealkylation sites (tertiary alicyclic amines) is 1. The van der Waals surface area contributed by atoms with Crippen molar-refractivity contribution < 1.29 is 27.5 Å². The molecule has 12 heteroatoms. The van der Waals surface area contributed by atoms with Gasteiger partial charge in [0.05, 0.1) is 6.10 Å². The second-order valence-electron chi connectivity index (χ2n) is 11.1. The third-order valence-electron chi connectivity index (χ3n) is 8.10. The number of nitrogens with zero attached hydrogens (tertiary/aromatic N) is 4. The molecule has 0 bridgehead atoms. The van der Waals surface area contributed by atoms with Gasteiger partial charge in [-0.2, -0.15) is 22.8 Å². The molecule has 3 aliphatic rings. The van der Waals surface area contributed by atoms with Crippen molar-refractivity contribution in [3.8, 4) is 0 Å². The standard InChI is InChI=1S/C27H30F4N6O2/c28-18-5-3-17(4-6-18)26(14-36(15-26)25(39)33-19-7-9-20(38)10-8-19)13-32-23-11-21(16-1-2-16)34-24-12-22(27(29,30)31)35-37(23)24/h3-6,11-12,16,19-20,32,38H,1-2,7-10,13-15H2,(H,33,39). The molecule has 2 saturated carbocycles. The number of fused-ring (bicyclic) bond motifs is 1. The molecule has 0 radical (unpaired) electrons. The molecule has 0 unspecified atom stereocenters. The van der Waals surface area contributed by atoms with Gasteiger partial charge >= 0.3 is 12.2 Å². The van der Waals surface area contributed by atoms with Gasteiger partial charge in [-0.25, -0.2) is 14.2 Å². The summed E-state index contributed by atoms with van der Waals surface area (Å²) in [5.74, 6) is 0.230. The number of anilines is 1. The summed E-state index contributed by atoms with van der Waals surface area (Å²) >= 11 is 0. The lowest BCUT2D eigenvalue weighted by Gasteiger charge is -2.51. The molecule has 1 saturated heterocycles. The number of aliphatic hydroxyl groups excluding tert-OH is 1. The number of urea groups is 1. The predicted octanol–water partition coefficient (Wildman–Crippen LogP) is 4.44. The number of rotatable bonds is 6. The molecule has 3 N–H and O–H groups in total. The normalized spacial score (nSPS) is 22.9. The molecule has 6 rings (SSSR count). The zero-order chi connectivity index (χ0) is 27.4. The lowest BCUT2D eigenvalue weighted by Crippen LogP contribution is -2.66. The van der Waals surface area contributed by atoms with Crippen molar-refractivity contribution in [2.45, 2.75) is 68.2 Å². The van der Waals surface area contributed by atoms with Crippen LogP contribution in [-0.2, 0) is 11.6 Å². The first-order valence-corrected chi connectivity index (χ1v) is 13.3. The van der Waals surface area contributed by atoms with E-state index in [9.17, 15) is 27.5 Å². The number of nitrogens with one attached hydrogen (secondary N) is 2. The van der Waals surface area contributed by atoms with E-state index in [-0.39, 0.29) is 35.6 Å². The van der Waals surface area contributed by atoms with Gasteiger partial charge < -0.3 is 20.6 Å². The van der Waals surface area contributed by atoms with Gasteiger partial charge in [-0.1, -0.05) is 12.1 Å². The van der Waals surface area contributed by atoms with Crippen molar-refractivity contribution in [3.05, 3.63) is 59.2 Å². The lowest BCUT2D eigenvalue weighted by molar-refractivity contribution is -0.141. The Bertz CT molecular complexity index is 1360. The van der Waals surface area contributed by atoms with Crippen molar-refractivity contribution in [3.63, 3.8) is 0 Å². The fourth-order valence-corrected chi connectivity index (χ4v) is 5.62. The summed E-state index contributed by atoms with van der Waals surface area (Å²) in [6.07, 6.45) is -0.298. The van der Waals surface area contributed by atoms with Crippen LogP contribution >= 0.6 is 0 Å². The molecule has 208 valence electrons. The lowest BCUT2D eigenvalue weighted by atomic mass is 9.73. The molecule has 0 spiro atoms. The Balaban J connectivity index is 1.23. The van der Waals surface area contributed by atoms with E-state index in [4.69, 9.17) is 0 Å². The van der Waals surface area contributed by atoms with E-state index in [2.05, 4.69) is 20.7 Å². The Morgan fingerprint density at radius 2 is 1.74 bits per heavy atom. The Labute approximate surface area is 222 Å². The number of benzene rings is 1. The number of hydrogen-bond donors (Lipinski definition) is 3. The average molecular weight is 547 g/mol. The number of aliphatic hydroxyl groups is 1. The first-order chi connectivity index (χ1) is 18.6. The first kappa shape index (κ1) is 25.8.